The van der Waals surface area contributed by atoms with E-state index in [0.717, 1.165) is 32.5 Å². The Kier molecular flexibility index (Phi) is 6.21. The molecule has 0 unspecified atom stereocenters. The van der Waals surface area contributed by atoms with Crippen molar-refractivity contribution in [3.63, 3.8) is 0 Å². The van der Waals surface area contributed by atoms with Crippen LogP contribution in [0.25, 0.3) is 0 Å². The van der Waals surface area contributed by atoms with Gasteiger partial charge in [-0.1, -0.05) is 30.3 Å². The lowest BCUT2D eigenvalue weighted by Crippen LogP contribution is -2.29. The number of methoxy groups -OCH3 is 1. The minimum Gasteiger partial charge on any atom is -0.385 e. The van der Waals surface area contributed by atoms with E-state index >= 15 is 0 Å². The van der Waals surface area contributed by atoms with Gasteiger partial charge in [0.25, 0.3) is 0 Å². The largest absolute Gasteiger partial charge is 0.385 e. The molecule has 116 valence electrons. The molecule has 1 amide bonds. The van der Waals surface area contributed by atoms with Gasteiger partial charge in [-0.3, -0.25) is 4.79 Å². The van der Waals surface area contributed by atoms with Gasteiger partial charge in [-0.25, -0.2) is 0 Å². The Morgan fingerprint density at radius 3 is 2.71 bits per heavy atom. The fraction of sp³-hybridized carbons (Fsp3) is 0.588. The topological polar surface area (TPSA) is 55.6 Å². The van der Waals surface area contributed by atoms with Crippen LogP contribution < -0.4 is 5.73 Å². The number of benzene rings is 1. The van der Waals surface area contributed by atoms with Crippen LogP contribution in [0.2, 0.25) is 0 Å². The molecule has 1 heterocycles. The van der Waals surface area contributed by atoms with E-state index in [2.05, 4.69) is 24.3 Å². The van der Waals surface area contributed by atoms with Crippen molar-refractivity contribution >= 4 is 5.91 Å². The zero-order chi connectivity index (χ0) is 15.1. The summed E-state index contributed by atoms with van der Waals surface area (Å²) in [5.74, 6) is 0.998. The number of nitrogens with zero attached hydrogens (tertiary/aromatic N) is 1. The zero-order valence-electron chi connectivity index (χ0n) is 12.8. The van der Waals surface area contributed by atoms with Crippen LogP contribution in [0.1, 0.15) is 30.7 Å². The van der Waals surface area contributed by atoms with Crippen LogP contribution in [0.4, 0.5) is 0 Å². The molecule has 4 nitrogen and oxygen atoms in total. The molecule has 0 aromatic heterocycles. The van der Waals surface area contributed by atoms with Crippen molar-refractivity contribution in [2.45, 2.75) is 25.2 Å². The third-order valence-electron chi connectivity index (χ3n) is 4.31. The fourth-order valence-electron chi connectivity index (χ4n) is 3.07. The highest BCUT2D eigenvalue weighted by Crippen LogP contribution is 2.32. The van der Waals surface area contributed by atoms with Gasteiger partial charge in [-0.05, 0) is 30.9 Å². The third-order valence-corrected chi connectivity index (χ3v) is 4.31. The molecule has 2 rings (SSSR count). The van der Waals surface area contributed by atoms with Crippen LogP contribution in [0.3, 0.4) is 0 Å². The number of rotatable bonds is 7. The van der Waals surface area contributed by atoms with E-state index in [-0.39, 0.29) is 5.91 Å². The van der Waals surface area contributed by atoms with Crippen LogP contribution in [0, 0.1) is 5.92 Å². The smallest absolute Gasteiger partial charge is 0.222 e. The van der Waals surface area contributed by atoms with Crippen LogP contribution in [-0.2, 0) is 9.53 Å². The molecule has 1 aliphatic heterocycles. The first kappa shape index (κ1) is 16.0. The molecule has 1 saturated heterocycles. The van der Waals surface area contributed by atoms with Gasteiger partial charge in [0, 0.05) is 39.1 Å². The lowest BCUT2D eigenvalue weighted by molar-refractivity contribution is -0.130. The highest BCUT2D eigenvalue weighted by atomic mass is 16.5. The number of amides is 1. The Balaban J connectivity index is 1.91. The molecule has 0 bridgehead atoms. The average molecular weight is 290 g/mol. The van der Waals surface area contributed by atoms with E-state index in [1.54, 1.807) is 7.11 Å². The van der Waals surface area contributed by atoms with Gasteiger partial charge in [0.05, 0.1) is 0 Å². The molecule has 0 spiro atoms. The Hall–Kier alpha value is -1.39. The second-order valence-electron chi connectivity index (χ2n) is 5.76. The van der Waals surface area contributed by atoms with Crippen molar-refractivity contribution in [2.75, 3.05) is 33.4 Å². The van der Waals surface area contributed by atoms with Crippen molar-refractivity contribution in [1.29, 1.82) is 0 Å². The molecule has 2 atom stereocenters. The monoisotopic (exact) mass is 290 g/mol. The van der Waals surface area contributed by atoms with Crippen molar-refractivity contribution in [3.05, 3.63) is 35.9 Å². The summed E-state index contributed by atoms with van der Waals surface area (Å²) < 4.78 is 5.02. The van der Waals surface area contributed by atoms with Gasteiger partial charge in [0.15, 0.2) is 0 Å². The molecule has 0 saturated carbocycles. The molecule has 21 heavy (non-hydrogen) atoms. The van der Waals surface area contributed by atoms with E-state index < -0.39 is 0 Å². The minimum atomic E-state index is 0.253. The van der Waals surface area contributed by atoms with Crippen LogP contribution >= 0.6 is 0 Å². The summed E-state index contributed by atoms with van der Waals surface area (Å²) in [5.41, 5.74) is 7.20. The SMILES string of the molecule is COCCCCC(=O)N1C[C@@H](CN)[C@H](c2ccccc2)C1. The van der Waals surface area contributed by atoms with E-state index in [9.17, 15) is 4.79 Å². The van der Waals surface area contributed by atoms with E-state index in [1.807, 2.05) is 11.0 Å². The maximum absolute atomic E-state index is 12.3. The fourth-order valence-corrected chi connectivity index (χ4v) is 3.07. The average Bonchev–Trinajstić information content (AvgIpc) is 2.96. The lowest BCUT2D eigenvalue weighted by Gasteiger charge is -2.16. The summed E-state index contributed by atoms with van der Waals surface area (Å²) >= 11 is 0. The van der Waals surface area contributed by atoms with Crippen LogP contribution in [-0.4, -0.2) is 44.2 Å². The predicted molar refractivity (Wildman–Crippen MR) is 84.0 cm³/mol. The molecular formula is C17H26N2O2. The zero-order valence-corrected chi connectivity index (χ0v) is 12.8. The number of hydrogen-bond acceptors (Lipinski definition) is 3. The van der Waals surface area contributed by atoms with E-state index in [1.165, 1.54) is 5.56 Å². The second kappa shape index (κ2) is 8.15. The van der Waals surface area contributed by atoms with Crippen LogP contribution in [0.5, 0.6) is 0 Å². The van der Waals surface area contributed by atoms with Crippen LogP contribution in [0.15, 0.2) is 30.3 Å². The molecule has 0 aliphatic carbocycles. The number of ether oxygens (including phenoxy) is 1. The molecule has 1 aliphatic rings. The Morgan fingerprint density at radius 1 is 1.29 bits per heavy atom. The summed E-state index contributed by atoms with van der Waals surface area (Å²) in [4.78, 5) is 14.3. The summed E-state index contributed by atoms with van der Waals surface area (Å²) in [6.07, 6.45) is 2.45. The number of carbonyl (C=O) groups is 1. The van der Waals surface area contributed by atoms with Crippen molar-refractivity contribution < 1.29 is 9.53 Å². The quantitative estimate of drug-likeness (QED) is 0.782. The highest BCUT2D eigenvalue weighted by molar-refractivity contribution is 5.76. The number of unbranched alkanes of at least 4 members (excludes halogenated alkanes) is 1. The first-order valence-corrected chi connectivity index (χ1v) is 7.78. The minimum absolute atomic E-state index is 0.253. The Morgan fingerprint density at radius 2 is 2.05 bits per heavy atom. The van der Waals surface area contributed by atoms with Crippen molar-refractivity contribution in [3.8, 4) is 0 Å². The Labute approximate surface area is 127 Å². The van der Waals surface area contributed by atoms with E-state index in [0.29, 0.717) is 24.8 Å². The highest BCUT2D eigenvalue weighted by Gasteiger charge is 2.34. The maximum atomic E-state index is 12.3. The second-order valence-corrected chi connectivity index (χ2v) is 5.76. The summed E-state index contributed by atoms with van der Waals surface area (Å²) in [5, 5.41) is 0. The molecule has 1 fully saturated rings. The number of nitrogens with two attached hydrogens (primary N) is 1. The van der Waals surface area contributed by atoms with E-state index in [4.69, 9.17) is 10.5 Å². The summed E-state index contributed by atoms with van der Waals surface area (Å²) in [6.45, 7) is 2.95. The van der Waals surface area contributed by atoms with Gasteiger partial charge < -0.3 is 15.4 Å². The lowest BCUT2D eigenvalue weighted by atomic mass is 9.89. The van der Waals surface area contributed by atoms with Crippen molar-refractivity contribution in [1.82, 2.24) is 4.90 Å². The molecule has 2 N–H and O–H groups in total. The molecule has 0 radical (unpaired) electrons. The summed E-state index contributed by atoms with van der Waals surface area (Å²) in [6, 6.07) is 10.4. The first-order chi connectivity index (χ1) is 10.3. The number of likely N-dealkylation sites (tertiary alicyclic amines) is 1. The number of hydrogen-bond donors (Lipinski definition) is 1. The van der Waals surface area contributed by atoms with Gasteiger partial charge in [0.2, 0.25) is 5.91 Å². The molecule has 4 heteroatoms. The first-order valence-electron chi connectivity index (χ1n) is 7.78. The van der Waals surface area contributed by atoms with Crippen molar-refractivity contribution in [2.24, 2.45) is 11.7 Å². The van der Waals surface area contributed by atoms with Gasteiger partial charge >= 0.3 is 0 Å². The Bertz CT molecular complexity index is 436. The molecule has 1 aromatic carbocycles. The van der Waals surface area contributed by atoms with Gasteiger partial charge in [-0.2, -0.15) is 0 Å². The number of carbonyl (C=O) groups excluding carboxylic acids is 1. The van der Waals surface area contributed by atoms with Gasteiger partial charge in [0.1, 0.15) is 0 Å². The predicted octanol–water partition coefficient (Wildman–Crippen LogP) is 2.00. The molecule has 1 aromatic rings. The van der Waals surface area contributed by atoms with Gasteiger partial charge in [-0.15, -0.1) is 0 Å². The maximum Gasteiger partial charge on any atom is 0.222 e. The standard InChI is InChI=1S/C17H26N2O2/c1-21-10-6-5-9-17(20)19-12-15(11-18)16(13-19)14-7-3-2-4-8-14/h2-4,7-8,15-16H,5-6,9-13,18H2,1H3/t15-,16+/m1/s1. The molecular weight excluding hydrogens is 264 g/mol. The normalized spacial score (nSPS) is 21.7. The third kappa shape index (κ3) is 4.29. The summed E-state index contributed by atoms with van der Waals surface area (Å²) in [7, 11) is 1.69.